The van der Waals surface area contributed by atoms with Crippen LogP contribution in [-0.4, -0.2) is 19.7 Å². The molecule has 3 rings (SSSR count). The summed E-state index contributed by atoms with van der Waals surface area (Å²) in [5.41, 5.74) is 8.24. The summed E-state index contributed by atoms with van der Waals surface area (Å²) in [4.78, 5) is 4.53. The van der Waals surface area contributed by atoms with E-state index in [4.69, 9.17) is 10.2 Å². The molecule has 0 bridgehead atoms. The molecule has 0 spiro atoms. The van der Waals surface area contributed by atoms with Crippen LogP contribution in [0.1, 0.15) is 0 Å². The molecular weight excluding hydrogens is 290 g/mol. The monoisotopic (exact) mass is 303 g/mol. The maximum Gasteiger partial charge on any atom is 0.300 e. The summed E-state index contributed by atoms with van der Waals surface area (Å²) in [5.74, 6) is 0. The normalized spacial score (nSPS) is 11.7. The van der Waals surface area contributed by atoms with Crippen LogP contribution in [0, 0.1) is 0 Å². The van der Waals surface area contributed by atoms with Gasteiger partial charge in [-0.1, -0.05) is 0 Å². The fourth-order valence-electron chi connectivity index (χ4n) is 1.90. The van der Waals surface area contributed by atoms with Crippen molar-refractivity contribution in [2.75, 3.05) is 17.3 Å². The molecule has 0 saturated carbocycles. The summed E-state index contributed by atoms with van der Waals surface area (Å²) in [7, 11) is -3.20. The molecule has 1 heterocycles. The molecule has 0 aliphatic carbocycles. The van der Waals surface area contributed by atoms with Crippen LogP contribution in [-0.2, 0) is 9.84 Å². The van der Waals surface area contributed by atoms with Crippen molar-refractivity contribution in [3.63, 3.8) is 0 Å². The van der Waals surface area contributed by atoms with E-state index in [0.29, 0.717) is 28.5 Å². The summed E-state index contributed by atoms with van der Waals surface area (Å²) in [5, 5.41) is 2.98. The molecule has 0 radical (unpaired) electrons. The molecule has 0 atom stereocenters. The Morgan fingerprint density at radius 1 is 1.14 bits per heavy atom. The lowest BCUT2D eigenvalue weighted by Crippen LogP contribution is -1.97. The predicted molar refractivity (Wildman–Crippen MR) is 81.3 cm³/mol. The highest BCUT2D eigenvalue weighted by atomic mass is 32.2. The van der Waals surface area contributed by atoms with E-state index in [2.05, 4.69) is 10.3 Å². The highest BCUT2D eigenvalue weighted by Gasteiger charge is 2.08. The number of hydrogen-bond donors (Lipinski definition) is 2. The van der Waals surface area contributed by atoms with Gasteiger partial charge in [0.2, 0.25) is 0 Å². The van der Waals surface area contributed by atoms with Crippen molar-refractivity contribution in [1.82, 2.24) is 4.98 Å². The van der Waals surface area contributed by atoms with E-state index in [-0.39, 0.29) is 4.90 Å². The van der Waals surface area contributed by atoms with E-state index in [9.17, 15) is 8.42 Å². The lowest BCUT2D eigenvalue weighted by atomic mass is 10.3. The average Bonchev–Trinajstić information content (AvgIpc) is 2.79. The summed E-state index contributed by atoms with van der Waals surface area (Å²) < 4.78 is 28.3. The molecule has 0 unspecified atom stereocenters. The topological polar surface area (TPSA) is 98.2 Å². The first-order valence-corrected chi connectivity index (χ1v) is 8.04. The molecule has 3 N–H and O–H groups in total. The Morgan fingerprint density at radius 2 is 1.86 bits per heavy atom. The van der Waals surface area contributed by atoms with Crippen LogP contribution in [0.15, 0.2) is 51.8 Å². The van der Waals surface area contributed by atoms with Crippen molar-refractivity contribution in [3.8, 4) is 0 Å². The fourth-order valence-corrected chi connectivity index (χ4v) is 2.53. The van der Waals surface area contributed by atoms with E-state index in [1.165, 1.54) is 18.4 Å². The average molecular weight is 303 g/mol. The first-order chi connectivity index (χ1) is 9.91. The number of hydrogen-bond acceptors (Lipinski definition) is 6. The zero-order valence-corrected chi connectivity index (χ0v) is 12.0. The Balaban J connectivity index is 1.88. The number of fused-ring (bicyclic) bond motifs is 1. The van der Waals surface area contributed by atoms with Crippen molar-refractivity contribution in [1.29, 1.82) is 0 Å². The SMILES string of the molecule is CS(=O)(=O)c1ccc(Nc2nc3ccc(N)cc3o2)cc1. The number of nitrogen functional groups attached to an aromatic ring is 1. The minimum absolute atomic E-state index is 0.262. The highest BCUT2D eigenvalue weighted by molar-refractivity contribution is 7.90. The van der Waals surface area contributed by atoms with Gasteiger partial charge in [0.25, 0.3) is 6.01 Å². The van der Waals surface area contributed by atoms with Gasteiger partial charge in [0.15, 0.2) is 15.4 Å². The van der Waals surface area contributed by atoms with E-state index >= 15 is 0 Å². The molecule has 0 aliphatic heterocycles. The molecule has 1 aromatic heterocycles. The van der Waals surface area contributed by atoms with Crippen LogP contribution in [0.4, 0.5) is 17.4 Å². The molecule has 7 heteroatoms. The van der Waals surface area contributed by atoms with Gasteiger partial charge in [0.05, 0.1) is 4.90 Å². The van der Waals surface area contributed by atoms with Crippen molar-refractivity contribution >= 4 is 38.3 Å². The van der Waals surface area contributed by atoms with Gasteiger partial charge in [-0.05, 0) is 36.4 Å². The second-order valence-electron chi connectivity index (χ2n) is 4.67. The van der Waals surface area contributed by atoms with Gasteiger partial charge in [0.1, 0.15) is 5.52 Å². The summed E-state index contributed by atoms with van der Waals surface area (Å²) in [6.07, 6.45) is 1.17. The first kappa shape index (κ1) is 13.4. The predicted octanol–water partition coefficient (Wildman–Crippen LogP) is 2.56. The smallest absolute Gasteiger partial charge is 0.300 e. The molecule has 0 aliphatic rings. The third kappa shape index (κ3) is 2.82. The minimum atomic E-state index is -3.20. The van der Waals surface area contributed by atoms with Crippen molar-refractivity contribution < 1.29 is 12.8 Å². The number of nitrogens with two attached hydrogens (primary N) is 1. The molecule has 108 valence electrons. The summed E-state index contributed by atoms with van der Waals surface area (Å²) >= 11 is 0. The van der Waals surface area contributed by atoms with Gasteiger partial charge >= 0.3 is 0 Å². The van der Waals surface area contributed by atoms with E-state index < -0.39 is 9.84 Å². The molecule has 6 nitrogen and oxygen atoms in total. The number of anilines is 3. The first-order valence-electron chi connectivity index (χ1n) is 6.15. The summed E-state index contributed by atoms with van der Waals surface area (Å²) in [6.45, 7) is 0. The highest BCUT2D eigenvalue weighted by Crippen LogP contribution is 2.24. The van der Waals surface area contributed by atoms with Gasteiger partial charge in [0, 0.05) is 23.7 Å². The van der Waals surface area contributed by atoms with Crippen LogP contribution < -0.4 is 11.1 Å². The molecule has 0 amide bonds. The van der Waals surface area contributed by atoms with Gasteiger partial charge < -0.3 is 15.5 Å². The van der Waals surface area contributed by atoms with Crippen LogP contribution in [0.2, 0.25) is 0 Å². The lowest BCUT2D eigenvalue weighted by Gasteiger charge is -2.02. The Bertz CT molecular complexity index is 899. The molecule has 2 aromatic carbocycles. The number of rotatable bonds is 3. The molecule has 0 fully saturated rings. The van der Waals surface area contributed by atoms with E-state index in [0.717, 1.165) is 0 Å². The Hall–Kier alpha value is -2.54. The van der Waals surface area contributed by atoms with Crippen LogP contribution in [0.5, 0.6) is 0 Å². The van der Waals surface area contributed by atoms with Crippen molar-refractivity contribution in [2.45, 2.75) is 4.90 Å². The zero-order chi connectivity index (χ0) is 15.0. The Morgan fingerprint density at radius 3 is 2.52 bits per heavy atom. The van der Waals surface area contributed by atoms with E-state index in [1.54, 1.807) is 30.3 Å². The standard InChI is InChI=1S/C14H13N3O3S/c1-21(18,19)11-5-3-10(4-6-11)16-14-17-12-7-2-9(15)8-13(12)20-14/h2-8H,15H2,1H3,(H,16,17). The maximum absolute atomic E-state index is 11.4. The van der Waals surface area contributed by atoms with Gasteiger partial charge in [-0.15, -0.1) is 0 Å². The number of oxazole rings is 1. The van der Waals surface area contributed by atoms with Crippen LogP contribution in [0.3, 0.4) is 0 Å². The van der Waals surface area contributed by atoms with Crippen LogP contribution in [0.25, 0.3) is 11.1 Å². The second-order valence-corrected chi connectivity index (χ2v) is 6.68. The molecular formula is C14H13N3O3S. The zero-order valence-electron chi connectivity index (χ0n) is 11.2. The number of aromatic nitrogens is 1. The van der Waals surface area contributed by atoms with Gasteiger partial charge in [-0.25, -0.2) is 8.42 Å². The fraction of sp³-hybridized carbons (Fsp3) is 0.0714. The van der Waals surface area contributed by atoms with Gasteiger partial charge in [-0.2, -0.15) is 4.98 Å². The Kier molecular flexibility index (Phi) is 3.06. The second kappa shape index (κ2) is 4.78. The number of benzene rings is 2. The largest absolute Gasteiger partial charge is 0.423 e. The quantitative estimate of drug-likeness (QED) is 0.722. The molecule has 0 saturated heterocycles. The van der Waals surface area contributed by atoms with E-state index in [1.807, 2.05) is 0 Å². The van der Waals surface area contributed by atoms with Crippen molar-refractivity contribution in [3.05, 3.63) is 42.5 Å². The lowest BCUT2D eigenvalue weighted by molar-refractivity contribution is 0.602. The molecule has 3 aromatic rings. The van der Waals surface area contributed by atoms with Crippen molar-refractivity contribution in [2.24, 2.45) is 0 Å². The Labute approximate surface area is 121 Å². The minimum Gasteiger partial charge on any atom is -0.423 e. The number of nitrogens with one attached hydrogen (secondary N) is 1. The van der Waals surface area contributed by atoms with Crippen LogP contribution >= 0.6 is 0 Å². The number of nitrogens with zero attached hydrogens (tertiary/aromatic N) is 1. The third-order valence-corrected chi connectivity index (χ3v) is 4.07. The molecule has 21 heavy (non-hydrogen) atoms. The maximum atomic E-state index is 11.4. The van der Waals surface area contributed by atoms with Gasteiger partial charge in [-0.3, -0.25) is 0 Å². The third-order valence-electron chi connectivity index (χ3n) is 2.95. The number of sulfone groups is 1. The summed E-state index contributed by atoms with van der Waals surface area (Å²) in [6, 6.07) is 11.9.